The van der Waals surface area contributed by atoms with E-state index in [4.69, 9.17) is 23.2 Å². The van der Waals surface area contributed by atoms with Crippen LogP contribution in [0.1, 0.15) is 53.5 Å². The summed E-state index contributed by atoms with van der Waals surface area (Å²) in [5, 5.41) is 15.2. The third-order valence-electron chi connectivity index (χ3n) is 7.65. The van der Waals surface area contributed by atoms with Gasteiger partial charge in [0, 0.05) is 32.6 Å². The molecule has 2 amide bonds. The van der Waals surface area contributed by atoms with Gasteiger partial charge in [-0.25, -0.2) is 16.8 Å². The fourth-order valence-electron chi connectivity index (χ4n) is 4.11. The van der Waals surface area contributed by atoms with Gasteiger partial charge in [0.15, 0.2) is 25.5 Å². The predicted molar refractivity (Wildman–Crippen MR) is 207 cm³/mol. The highest BCUT2D eigenvalue weighted by atomic mass is 35.5. The molecule has 0 fully saturated rings. The summed E-state index contributed by atoms with van der Waals surface area (Å²) >= 11 is 13.8. The smallest absolute Gasteiger partial charge is 0.247 e. The molecule has 276 valence electrons. The zero-order valence-electron chi connectivity index (χ0n) is 29.1. The molecule has 2 N–H and O–H groups in total. The molecule has 12 nitrogen and oxygen atoms in total. The normalized spacial score (nSPS) is 12.4. The molecule has 5 rings (SSSR count). The van der Waals surface area contributed by atoms with Crippen molar-refractivity contribution in [2.45, 2.75) is 73.2 Å². The van der Waals surface area contributed by atoms with Crippen LogP contribution in [0.25, 0.3) is 11.4 Å². The average Bonchev–Trinajstić information content (AvgIpc) is 3.76. The molecule has 2 aromatic heterocycles. The maximum atomic E-state index is 12.9. The molecule has 5 aromatic rings. The molecule has 0 unspecified atom stereocenters. The minimum absolute atomic E-state index is 0.0225. The van der Waals surface area contributed by atoms with Crippen molar-refractivity contribution >= 4 is 87.8 Å². The number of carbonyl (C=O) groups is 2. The van der Waals surface area contributed by atoms with E-state index in [1.165, 1.54) is 87.6 Å². The van der Waals surface area contributed by atoms with Gasteiger partial charge < -0.3 is 0 Å². The van der Waals surface area contributed by atoms with E-state index in [2.05, 4.69) is 30.2 Å². The molecule has 0 aliphatic rings. The zero-order valence-corrected chi connectivity index (χ0v) is 33.9. The molecule has 0 spiro atoms. The third-order valence-corrected chi connectivity index (χ3v) is 14.9. The quantitative estimate of drug-likeness (QED) is 0.150. The van der Waals surface area contributed by atoms with Crippen molar-refractivity contribution in [3.05, 3.63) is 93.9 Å². The molecule has 0 saturated carbocycles. The number of nitrogens with one attached hydrogen (secondary N) is 2. The Morgan fingerprint density at radius 3 is 1.50 bits per heavy atom. The number of sulfone groups is 2. The van der Waals surface area contributed by atoms with Crippen LogP contribution in [0.5, 0.6) is 0 Å². The Balaban J connectivity index is 0.000000234. The van der Waals surface area contributed by atoms with Gasteiger partial charge in [-0.05, 0) is 76.2 Å². The molecule has 18 heteroatoms. The summed E-state index contributed by atoms with van der Waals surface area (Å²) in [4.78, 5) is 29.6. The highest BCUT2D eigenvalue weighted by Crippen LogP contribution is 2.32. The molecule has 2 heterocycles. The molecule has 0 saturated heterocycles. The van der Waals surface area contributed by atoms with Crippen molar-refractivity contribution in [3.8, 4) is 11.4 Å². The molecular formula is C34H36Cl2N6O6S4. The van der Waals surface area contributed by atoms with E-state index < -0.39 is 41.0 Å². The third kappa shape index (κ3) is 9.04. The van der Waals surface area contributed by atoms with Crippen LogP contribution in [-0.2, 0) is 34.7 Å². The van der Waals surface area contributed by atoms with E-state index in [9.17, 15) is 26.4 Å². The number of hydrogen-bond donors (Lipinski definition) is 2. The number of aromatic nitrogens is 4. The molecule has 0 atom stereocenters. The lowest BCUT2D eigenvalue weighted by Gasteiger charge is -2.23. The van der Waals surface area contributed by atoms with Crippen LogP contribution in [0.4, 0.5) is 10.3 Å². The summed E-state index contributed by atoms with van der Waals surface area (Å²) in [6, 6.07) is 20.7. The van der Waals surface area contributed by atoms with Gasteiger partial charge in [0.25, 0.3) is 0 Å². The molecule has 0 bridgehead atoms. The van der Waals surface area contributed by atoms with Crippen LogP contribution in [-0.4, -0.2) is 57.7 Å². The van der Waals surface area contributed by atoms with Crippen LogP contribution >= 0.6 is 46.1 Å². The Kier molecular flexibility index (Phi) is 12.3. The topological polar surface area (TPSA) is 178 Å². The maximum absolute atomic E-state index is 12.9. The number of amides is 2. The minimum Gasteiger partial charge on any atom is -0.299 e. The highest BCUT2D eigenvalue weighted by Gasteiger charge is 2.44. The Morgan fingerprint density at radius 2 is 1.08 bits per heavy atom. The zero-order chi connectivity index (χ0) is 38.7. The number of carbonyl (C=O) groups excluding carboxylic acids is 2. The molecule has 0 radical (unpaired) electrons. The van der Waals surface area contributed by atoms with E-state index in [-0.39, 0.29) is 25.5 Å². The lowest BCUT2D eigenvalue weighted by molar-refractivity contribution is -0.118. The Bertz CT molecular complexity index is 2270. The van der Waals surface area contributed by atoms with Crippen LogP contribution in [0, 0.1) is 0 Å². The van der Waals surface area contributed by atoms with Gasteiger partial charge in [0.1, 0.15) is 14.5 Å². The van der Waals surface area contributed by atoms with Gasteiger partial charge in [0.05, 0.1) is 9.79 Å². The largest absolute Gasteiger partial charge is 0.299 e. The number of anilines is 2. The van der Waals surface area contributed by atoms with E-state index in [0.29, 0.717) is 15.9 Å². The van der Waals surface area contributed by atoms with Gasteiger partial charge in [0.2, 0.25) is 22.1 Å². The van der Waals surface area contributed by atoms with E-state index >= 15 is 0 Å². The predicted octanol–water partition coefficient (Wildman–Crippen LogP) is 7.73. The number of hydrogen-bond acceptors (Lipinski definition) is 12. The molecule has 0 aliphatic heterocycles. The summed E-state index contributed by atoms with van der Waals surface area (Å²) in [5.74, 6) is -0.887. The van der Waals surface area contributed by atoms with Gasteiger partial charge >= 0.3 is 0 Å². The highest BCUT2D eigenvalue weighted by molar-refractivity contribution is 7.94. The first-order chi connectivity index (χ1) is 24.1. The average molecular weight is 824 g/mol. The number of halogens is 2. The first-order valence-corrected chi connectivity index (χ1v) is 20.7. The second-order valence-corrected chi connectivity index (χ2v) is 20.9. The van der Waals surface area contributed by atoms with Gasteiger partial charge in [-0.15, -0.1) is 10.2 Å². The monoisotopic (exact) mass is 822 g/mol. The lowest BCUT2D eigenvalue weighted by atomic mass is 9.98. The van der Waals surface area contributed by atoms with Crippen LogP contribution < -0.4 is 10.6 Å². The number of rotatable bonds is 9. The Hall–Kier alpha value is -3.80. The molecular weight excluding hydrogens is 788 g/mol. The second-order valence-electron chi connectivity index (χ2n) is 13.3. The van der Waals surface area contributed by atoms with Crippen LogP contribution in [0.3, 0.4) is 0 Å². The van der Waals surface area contributed by atoms with Crippen molar-refractivity contribution < 1.29 is 26.4 Å². The minimum atomic E-state index is -3.93. The lowest BCUT2D eigenvalue weighted by Crippen LogP contribution is -2.44. The first-order valence-electron chi connectivity index (χ1n) is 15.4. The summed E-state index contributed by atoms with van der Waals surface area (Å²) in [6.07, 6.45) is 0. The summed E-state index contributed by atoms with van der Waals surface area (Å²) < 4.78 is 52.2. The standard InChI is InChI=1S/C18H16ClN3O3S2.C16H20ClN3O3S2/c1-18(2,27(24,25)14-10-8-13(19)9-11-14)16(23)21-17-20-15(22-26-17)12-6-4-3-5-7-12;1-15(2,3)13-19-20-14(24-13)18-12(21)16(4,5)25(22,23)11-8-6-10(17)7-9-11/h3-11H,1-2H3,(H,20,21,22,23);6-9H,1-5H3,(H,18,20,21). The molecule has 0 aliphatic carbocycles. The summed E-state index contributed by atoms with van der Waals surface area (Å²) in [7, 11) is -7.84. The Labute approximate surface area is 321 Å². The van der Waals surface area contributed by atoms with Crippen LogP contribution in [0.2, 0.25) is 10.0 Å². The number of benzene rings is 3. The summed E-state index contributed by atoms with van der Waals surface area (Å²) in [5.41, 5.74) is 0.605. The van der Waals surface area contributed by atoms with Gasteiger partial charge in [-0.3, -0.25) is 20.2 Å². The van der Waals surface area contributed by atoms with Crippen molar-refractivity contribution in [3.63, 3.8) is 0 Å². The first kappa shape index (κ1) is 41.0. The van der Waals surface area contributed by atoms with Crippen molar-refractivity contribution in [2.24, 2.45) is 0 Å². The summed E-state index contributed by atoms with van der Waals surface area (Å²) in [6.45, 7) is 11.4. The van der Waals surface area contributed by atoms with Crippen molar-refractivity contribution in [1.29, 1.82) is 0 Å². The molecule has 3 aromatic carbocycles. The molecule has 52 heavy (non-hydrogen) atoms. The van der Waals surface area contributed by atoms with E-state index in [0.717, 1.165) is 22.1 Å². The second kappa shape index (κ2) is 15.7. The van der Waals surface area contributed by atoms with Crippen molar-refractivity contribution in [2.75, 3.05) is 10.6 Å². The van der Waals surface area contributed by atoms with Crippen LogP contribution in [0.15, 0.2) is 88.7 Å². The van der Waals surface area contributed by atoms with Crippen molar-refractivity contribution in [1.82, 2.24) is 19.6 Å². The van der Waals surface area contributed by atoms with E-state index in [1.807, 2.05) is 51.1 Å². The fraction of sp³-hybridized carbons (Fsp3) is 0.294. The fourth-order valence-corrected chi connectivity index (χ4v) is 8.50. The maximum Gasteiger partial charge on any atom is 0.247 e. The number of nitrogens with zero attached hydrogens (tertiary/aromatic N) is 4. The SMILES string of the molecule is CC(C)(C(=O)Nc1nc(-c2ccccc2)ns1)S(=O)(=O)c1ccc(Cl)cc1.CC(C)(C)c1nnc(NC(=O)C(C)(C)S(=O)(=O)c2ccc(Cl)cc2)s1. The van der Waals surface area contributed by atoms with E-state index in [1.54, 1.807) is 0 Å². The van der Waals surface area contributed by atoms with Gasteiger partial charge in [-0.2, -0.15) is 9.36 Å². The van der Waals surface area contributed by atoms with Gasteiger partial charge in [-0.1, -0.05) is 85.6 Å². The Morgan fingerprint density at radius 1 is 0.635 bits per heavy atom.